The van der Waals surface area contributed by atoms with E-state index in [0.29, 0.717) is 44.1 Å². The van der Waals surface area contributed by atoms with Crippen LogP contribution in [0.5, 0.6) is 11.5 Å². The maximum Gasteiger partial charge on any atom is 0.338 e. The number of carbonyl (C=O) groups is 1. The number of anilines is 1. The van der Waals surface area contributed by atoms with Crippen LogP contribution in [0.2, 0.25) is 0 Å². The topological polar surface area (TPSA) is 82.4 Å². The first-order valence-corrected chi connectivity index (χ1v) is 13.4. The van der Waals surface area contributed by atoms with Gasteiger partial charge in [-0.2, -0.15) is 0 Å². The largest absolute Gasteiger partial charge is 0.497 e. The van der Waals surface area contributed by atoms with Crippen LogP contribution in [0.25, 0.3) is 6.08 Å². The fraction of sp³-hybridized carbons (Fsp3) is 0.345. The summed E-state index contributed by atoms with van der Waals surface area (Å²) in [5, 5.41) is 0. The van der Waals surface area contributed by atoms with Crippen LogP contribution in [0, 0.1) is 0 Å². The van der Waals surface area contributed by atoms with E-state index in [2.05, 4.69) is 0 Å². The van der Waals surface area contributed by atoms with Crippen LogP contribution in [-0.2, 0) is 9.53 Å². The summed E-state index contributed by atoms with van der Waals surface area (Å²) in [6.07, 6.45) is 3.20. The molecule has 0 N–H and O–H groups in total. The van der Waals surface area contributed by atoms with E-state index in [1.54, 1.807) is 43.9 Å². The first-order chi connectivity index (χ1) is 18.3. The van der Waals surface area contributed by atoms with E-state index >= 15 is 0 Å². The molecule has 0 spiro atoms. The van der Waals surface area contributed by atoms with Crippen LogP contribution < -0.4 is 29.3 Å². The fourth-order valence-electron chi connectivity index (χ4n) is 4.49. The van der Waals surface area contributed by atoms with Crippen LogP contribution in [-0.4, -0.2) is 45.5 Å². The average Bonchev–Trinajstić information content (AvgIpc) is 3.22. The van der Waals surface area contributed by atoms with Gasteiger partial charge in [0.2, 0.25) is 0 Å². The Kier molecular flexibility index (Phi) is 8.36. The molecule has 0 unspecified atom stereocenters. The van der Waals surface area contributed by atoms with Crippen molar-refractivity contribution in [2.45, 2.75) is 32.7 Å². The van der Waals surface area contributed by atoms with Crippen LogP contribution >= 0.6 is 11.3 Å². The van der Waals surface area contributed by atoms with Crippen molar-refractivity contribution in [3.8, 4) is 11.5 Å². The summed E-state index contributed by atoms with van der Waals surface area (Å²) in [5.74, 6) is 0.619. The number of ether oxygens (including phenoxy) is 3. The summed E-state index contributed by atoms with van der Waals surface area (Å²) in [6, 6.07) is 12.5. The highest BCUT2D eigenvalue weighted by atomic mass is 32.1. The van der Waals surface area contributed by atoms with Gasteiger partial charge in [-0.3, -0.25) is 9.36 Å². The SMILES string of the molecule is CCCC1=C(C(=O)OCC)[C@H](c2cc(OC)ccc2OC)n2c(s/c(=C/c3ccc(N(C)C)cc3)c2=O)=N1. The normalized spacial score (nSPS) is 15.1. The average molecular weight is 536 g/mol. The highest BCUT2D eigenvalue weighted by Gasteiger charge is 2.36. The van der Waals surface area contributed by atoms with Crippen molar-refractivity contribution in [3.63, 3.8) is 0 Å². The van der Waals surface area contributed by atoms with Gasteiger partial charge >= 0.3 is 5.97 Å². The molecule has 0 fully saturated rings. The van der Waals surface area contributed by atoms with Gasteiger partial charge in [-0.15, -0.1) is 0 Å². The third kappa shape index (κ3) is 5.24. The minimum absolute atomic E-state index is 0.205. The van der Waals surface area contributed by atoms with Crippen molar-refractivity contribution in [1.29, 1.82) is 0 Å². The molecule has 0 amide bonds. The van der Waals surface area contributed by atoms with Crippen LogP contribution in [0.1, 0.15) is 43.9 Å². The highest BCUT2D eigenvalue weighted by Crippen LogP contribution is 2.38. The smallest absolute Gasteiger partial charge is 0.338 e. The van der Waals surface area contributed by atoms with Crippen molar-refractivity contribution in [3.05, 3.63) is 84.5 Å². The first kappa shape index (κ1) is 27.2. The maximum absolute atomic E-state index is 13.9. The molecule has 4 rings (SSSR count). The molecule has 1 aliphatic rings. The zero-order valence-corrected chi connectivity index (χ0v) is 23.4. The summed E-state index contributed by atoms with van der Waals surface area (Å²) in [4.78, 5) is 34.7. The Morgan fingerprint density at radius 2 is 1.84 bits per heavy atom. The van der Waals surface area contributed by atoms with Gasteiger partial charge < -0.3 is 19.1 Å². The molecule has 0 aliphatic carbocycles. The van der Waals surface area contributed by atoms with Crippen molar-refractivity contribution in [2.24, 2.45) is 4.99 Å². The number of esters is 1. The van der Waals surface area contributed by atoms with E-state index < -0.39 is 12.0 Å². The minimum atomic E-state index is -0.782. The summed E-state index contributed by atoms with van der Waals surface area (Å²) in [5.41, 5.74) is 3.31. The molecule has 1 aromatic heterocycles. The highest BCUT2D eigenvalue weighted by molar-refractivity contribution is 7.07. The number of rotatable bonds is 9. The van der Waals surface area contributed by atoms with Crippen LogP contribution in [0.15, 0.2) is 63.5 Å². The quantitative estimate of drug-likeness (QED) is 0.389. The molecule has 9 heteroatoms. The van der Waals surface area contributed by atoms with E-state index in [1.165, 1.54) is 11.3 Å². The summed E-state index contributed by atoms with van der Waals surface area (Å²) in [7, 11) is 7.10. The predicted octanol–water partition coefficient (Wildman–Crippen LogP) is 3.66. The number of carbonyl (C=O) groups excluding carboxylic acids is 1. The second kappa shape index (κ2) is 11.7. The molecule has 0 saturated carbocycles. The van der Waals surface area contributed by atoms with Crippen LogP contribution in [0.4, 0.5) is 5.69 Å². The zero-order chi connectivity index (χ0) is 27.4. The Balaban J connectivity index is 2.01. The number of fused-ring (bicyclic) bond motifs is 1. The van der Waals surface area contributed by atoms with Gasteiger partial charge in [-0.1, -0.05) is 36.8 Å². The van der Waals surface area contributed by atoms with Crippen molar-refractivity contribution in [1.82, 2.24) is 4.57 Å². The molecule has 2 heterocycles. The molecule has 1 atom stereocenters. The number of nitrogens with zero attached hydrogens (tertiary/aromatic N) is 3. The zero-order valence-electron chi connectivity index (χ0n) is 22.6. The number of hydrogen-bond acceptors (Lipinski definition) is 8. The molecule has 2 aromatic carbocycles. The third-order valence-corrected chi connectivity index (χ3v) is 7.31. The van der Waals surface area contributed by atoms with Gasteiger partial charge in [-0.25, -0.2) is 9.79 Å². The minimum Gasteiger partial charge on any atom is -0.497 e. The summed E-state index contributed by atoms with van der Waals surface area (Å²) < 4.78 is 18.7. The summed E-state index contributed by atoms with van der Waals surface area (Å²) >= 11 is 1.31. The second-order valence-electron chi connectivity index (χ2n) is 9.01. The Hall–Kier alpha value is -3.85. The van der Waals surface area contributed by atoms with Gasteiger partial charge in [0.1, 0.15) is 17.5 Å². The van der Waals surface area contributed by atoms with Crippen LogP contribution in [0.3, 0.4) is 0 Å². The molecule has 0 bridgehead atoms. The lowest BCUT2D eigenvalue weighted by atomic mass is 9.93. The standard InChI is InChI=1S/C29H33N3O5S/c1-7-9-22-25(28(34)37-8-2)26(21-17-20(35-5)14-15-23(21)36-6)32-27(33)24(38-29(32)30-22)16-18-10-12-19(13-11-18)31(3)4/h10-17,26H,7-9H2,1-6H3/b24-16+/t26-/m0/s1. The van der Waals surface area contributed by atoms with Gasteiger partial charge in [0.25, 0.3) is 5.56 Å². The number of hydrogen-bond donors (Lipinski definition) is 0. The van der Waals surface area contributed by atoms with Gasteiger partial charge in [0, 0.05) is 25.3 Å². The molecular weight excluding hydrogens is 502 g/mol. The third-order valence-electron chi connectivity index (χ3n) is 6.33. The monoisotopic (exact) mass is 535 g/mol. The Morgan fingerprint density at radius 1 is 1.11 bits per heavy atom. The molecular formula is C29H33N3O5S. The Bertz CT molecular complexity index is 1530. The molecule has 1 aliphatic heterocycles. The molecule has 8 nitrogen and oxygen atoms in total. The molecule has 0 radical (unpaired) electrons. The fourth-order valence-corrected chi connectivity index (χ4v) is 5.51. The van der Waals surface area contributed by atoms with Gasteiger partial charge in [0.05, 0.1) is 36.6 Å². The Morgan fingerprint density at radius 3 is 2.45 bits per heavy atom. The Labute approximate surface area is 226 Å². The number of benzene rings is 2. The maximum atomic E-state index is 13.9. The van der Waals surface area contributed by atoms with Gasteiger partial charge in [-0.05, 0) is 55.3 Å². The van der Waals surface area contributed by atoms with Crippen molar-refractivity contribution in [2.75, 3.05) is 39.8 Å². The second-order valence-corrected chi connectivity index (χ2v) is 10.0. The molecule has 0 saturated heterocycles. The molecule has 3 aromatic rings. The van der Waals surface area contributed by atoms with E-state index in [4.69, 9.17) is 19.2 Å². The number of allylic oxidation sites excluding steroid dienone is 1. The first-order valence-electron chi connectivity index (χ1n) is 12.5. The number of thiazole rings is 1. The predicted molar refractivity (Wildman–Crippen MR) is 150 cm³/mol. The summed E-state index contributed by atoms with van der Waals surface area (Å²) in [6.45, 7) is 3.99. The van der Waals surface area contributed by atoms with E-state index in [0.717, 1.165) is 17.7 Å². The molecule has 38 heavy (non-hydrogen) atoms. The number of methoxy groups -OCH3 is 2. The van der Waals surface area contributed by atoms with E-state index in [9.17, 15) is 9.59 Å². The lowest BCUT2D eigenvalue weighted by Gasteiger charge is -2.27. The molecule has 200 valence electrons. The van der Waals surface area contributed by atoms with E-state index in [-0.39, 0.29) is 12.2 Å². The lowest BCUT2D eigenvalue weighted by Crippen LogP contribution is -2.40. The van der Waals surface area contributed by atoms with Crippen molar-refractivity contribution >= 4 is 29.1 Å². The lowest BCUT2D eigenvalue weighted by molar-refractivity contribution is -0.139. The van der Waals surface area contributed by atoms with E-state index in [1.807, 2.05) is 56.3 Å². The number of aromatic nitrogens is 1. The van der Waals surface area contributed by atoms with Crippen molar-refractivity contribution < 1.29 is 19.0 Å². The van der Waals surface area contributed by atoms with Gasteiger partial charge in [0.15, 0.2) is 4.80 Å².